The number of nitrogens with zero attached hydrogens (tertiary/aromatic N) is 1. The highest BCUT2D eigenvalue weighted by Crippen LogP contribution is 2.47. The molecule has 2 aromatic carbocycles. The number of hydrogen-bond donors (Lipinski definition) is 1. The molecule has 0 amide bonds. The van der Waals surface area contributed by atoms with Crippen molar-refractivity contribution in [2.45, 2.75) is 18.8 Å². The van der Waals surface area contributed by atoms with Gasteiger partial charge >= 0.3 is 0 Å². The van der Waals surface area contributed by atoms with Crippen LogP contribution in [0.15, 0.2) is 46.9 Å². The van der Waals surface area contributed by atoms with E-state index in [4.69, 9.17) is 0 Å². The Bertz CT molecular complexity index is 653. The van der Waals surface area contributed by atoms with Crippen molar-refractivity contribution in [2.24, 2.45) is 0 Å². The Morgan fingerprint density at radius 2 is 1.85 bits per heavy atom. The largest absolute Gasteiger partial charge is 0.385 e. The number of benzene rings is 2. The molecule has 1 atom stereocenters. The molecule has 0 spiro atoms. The van der Waals surface area contributed by atoms with Crippen LogP contribution in [0.2, 0.25) is 0 Å². The Morgan fingerprint density at radius 1 is 1.00 bits per heavy atom. The molecule has 0 fully saturated rings. The van der Waals surface area contributed by atoms with Gasteiger partial charge in [-0.05, 0) is 59.0 Å². The Kier molecular flexibility index (Phi) is 2.95. The summed E-state index contributed by atoms with van der Waals surface area (Å²) in [4.78, 5) is 2.45. The second-order valence-corrected chi connectivity index (χ2v) is 6.40. The van der Waals surface area contributed by atoms with Gasteiger partial charge in [0.2, 0.25) is 0 Å². The van der Waals surface area contributed by atoms with Gasteiger partial charge in [-0.3, -0.25) is 0 Å². The van der Waals surface area contributed by atoms with Crippen LogP contribution in [0, 0.1) is 0 Å². The second-order valence-electron chi connectivity index (χ2n) is 5.54. The fourth-order valence-electron chi connectivity index (χ4n) is 3.51. The molecule has 0 radical (unpaired) electrons. The summed E-state index contributed by atoms with van der Waals surface area (Å²) in [6.07, 6.45) is 2.50. The smallest absolute Gasteiger partial charge is 0.0555 e. The van der Waals surface area contributed by atoms with E-state index in [0.717, 1.165) is 19.0 Å². The first-order valence-electron chi connectivity index (χ1n) is 7.23. The van der Waals surface area contributed by atoms with E-state index in [-0.39, 0.29) is 0 Å². The predicted octanol–water partition coefficient (Wildman–Crippen LogP) is 4.89. The first-order chi connectivity index (χ1) is 9.84. The highest BCUT2D eigenvalue weighted by molar-refractivity contribution is 9.10. The fraction of sp³-hybridized carbons (Fsp3) is 0.294. The minimum absolute atomic E-state index is 0.723. The van der Waals surface area contributed by atoms with Crippen molar-refractivity contribution in [3.63, 3.8) is 0 Å². The van der Waals surface area contributed by atoms with Gasteiger partial charge in [-0.25, -0.2) is 0 Å². The number of nitrogens with one attached hydrogen (secondary N) is 1. The van der Waals surface area contributed by atoms with Gasteiger partial charge in [0, 0.05) is 34.5 Å². The third-order valence-electron chi connectivity index (χ3n) is 4.43. The number of anilines is 3. The Labute approximate surface area is 127 Å². The highest BCUT2D eigenvalue weighted by Gasteiger charge is 2.30. The van der Waals surface area contributed by atoms with Crippen molar-refractivity contribution in [1.82, 2.24) is 0 Å². The van der Waals surface area contributed by atoms with Crippen molar-refractivity contribution in [3.8, 4) is 0 Å². The summed E-state index contributed by atoms with van der Waals surface area (Å²) in [5.41, 5.74) is 5.49. The summed E-state index contributed by atoms with van der Waals surface area (Å²) in [5.74, 6) is 0.723. The van der Waals surface area contributed by atoms with Crippen LogP contribution < -0.4 is 10.2 Å². The van der Waals surface area contributed by atoms with Gasteiger partial charge in [-0.2, -0.15) is 0 Å². The third kappa shape index (κ3) is 1.84. The first kappa shape index (κ1) is 12.3. The summed E-state index contributed by atoms with van der Waals surface area (Å²) >= 11 is 3.69. The van der Waals surface area contributed by atoms with E-state index in [1.165, 1.54) is 39.9 Å². The van der Waals surface area contributed by atoms with Gasteiger partial charge in [-0.1, -0.05) is 18.2 Å². The molecule has 0 aliphatic carbocycles. The normalized spacial score (nSPS) is 20.2. The number of halogens is 1. The molecule has 20 heavy (non-hydrogen) atoms. The minimum atomic E-state index is 0.723. The summed E-state index contributed by atoms with van der Waals surface area (Å²) < 4.78 is 1.17. The highest BCUT2D eigenvalue weighted by atomic mass is 79.9. The van der Waals surface area contributed by atoms with Crippen LogP contribution in [0.4, 0.5) is 17.1 Å². The predicted molar refractivity (Wildman–Crippen MR) is 88.1 cm³/mol. The molecule has 4 rings (SSSR count). The summed E-state index contributed by atoms with van der Waals surface area (Å²) in [6.45, 7) is 2.21. The van der Waals surface area contributed by atoms with Crippen molar-refractivity contribution in [3.05, 3.63) is 52.5 Å². The fourth-order valence-corrected chi connectivity index (χ4v) is 4.01. The van der Waals surface area contributed by atoms with E-state index in [9.17, 15) is 0 Å². The van der Waals surface area contributed by atoms with E-state index in [1.54, 1.807) is 0 Å². The maximum absolute atomic E-state index is 3.69. The molecule has 1 unspecified atom stereocenters. The molecule has 0 bridgehead atoms. The Balaban J connectivity index is 1.87. The molecular weight excluding hydrogens is 312 g/mol. The van der Waals surface area contributed by atoms with Crippen LogP contribution in [0.5, 0.6) is 0 Å². The molecule has 2 heterocycles. The van der Waals surface area contributed by atoms with Gasteiger partial charge in [-0.15, -0.1) is 0 Å². The zero-order chi connectivity index (χ0) is 13.5. The lowest BCUT2D eigenvalue weighted by molar-refractivity contribution is 0.561. The van der Waals surface area contributed by atoms with E-state index >= 15 is 0 Å². The summed E-state index contributed by atoms with van der Waals surface area (Å²) in [5, 5.41) is 3.55. The molecule has 102 valence electrons. The van der Waals surface area contributed by atoms with Crippen LogP contribution in [0.25, 0.3) is 0 Å². The van der Waals surface area contributed by atoms with Gasteiger partial charge in [0.1, 0.15) is 0 Å². The summed E-state index contributed by atoms with van der Waals surface area (Å²) in [6, 6.07) is 15.1. The molecule has 2 aliphatic rings. The molecular formula is C17H17BrN2. The molecule has 2 aromatic rings. The number of para-hydroxylation sites is 1. The Morgan fingerprint density at radius 3 is 2.75 bits per heavy atom. The van der Waals surface area contributed by atoms with E-state index in [1.807, 2.05) is 0 Å². The monoisotopic (exact) mass is 328 g/mol. The molecule has 0 saturated heterocycles. The lowest BCUT2D eigenvalue weighted by Gasteiger charge is -2.39. The van der Waals surface area contributed by atoms with Crippen molar-refractivity contribution >= 4 is 33.0 Å². The van der Waals surface area contributed by atoms with Crippen molar-refractivity contribution in [1.29, 1.82) is 0 Å². The zero-order valence-electron chi connectivity index (χ0n) is 11.3. The van der Waals surface area contributed by atoms with Crippen molar-refractivity contribution < 1.29 is 0 Å². The van der Waals surface area contributed by atoms with Gasteiger partial charge in [0.25, 0.3) is 0 Å². The van der Waals surface area contributed by atoms with Gasteiger partial charge in [0.05, 0.1) is 5.69 Å². The lowest BCUT2D eigenvalue weighted by atomic mass is 9.83. The van der Waals surface area contributed by atoms with E-state index in [2.05, 4.69) is 68.6 Å². The standard InChI is InChI=1S/C17H17BrN2/c18-13-4-1-2-6-15(13)20-11-9-12-8-10-19-14-5-3-7-16(20)17(12)14/h1-7,12,19H,8-11H2. The molecule has 1 N–H and O–H groups in total. The molecule has 2 nitrogen and oxygen atoms in total. The average molecular weight is 329 g/mol. The van der Waals surface area contributed by atoms with Crippen LogP contribution in [0.3, 0.4) is 0 Å². The first-order valence-corrected chi connectivity index (χ1v) is 8.03. The third-order valence-corrected chi connectivity index (χ3v) is 5.11. The number of hydrogen-bond acceptors (Lipinski definition) is 2. The maximum Gasteiger partial charge on any atom is 0.0555 e. The van der Waals surface area contributed by atoms with Crippen LogP contribution >= 0.6 is 15.9 Å². The van der Waals surface area contributed by atoms with Crippen LogP contribution in [-0.2, 0) is 0 Å². The topological polar surface area (TPSA) is 15.3 Å². The molecule has 2 aliphatic heterocycles. The summed E-state index contributed by atoms with van der Waals surface area (Å²) in [7, 11) is 0. The van der Waals surface area contributed by atoms with Gasteiger partial charge < -0.3 is 10.2 Å². The minimum Gasteiger partial charge on any atom is -0.385 e. The quantitative estimate of drug-likeness (QED) is 0.801. The lowest BCUT2D eigenvalue weighted by Crippen LogP contribution is -2.31. The van der Waals surface area contributed by atoms with E-state index in [0.29, 0.717) is 0 Å². The van der Waals surface area contributed by atoms with Crippen LogP contribution in [0.1, 0.15) is 24.3 Å². The zero-order valence-corrected chi connectivity index (χ0v) is 12.9. The van der Waals surface area contributed by atoms with Crippen LogP contribution in [-0.4, -0.2) is 13.1 Å². The molecule has 0 saturated carbocycles. The SMILES string of the molecule is Brc1ccccc1N1CCC2CCNc3cccc1c32. The number of rotatable bonds is 1. The Hall–Kier alpha value is -1.48. The van der Waals surface area contributed by atoms with E-state index < -0.39 is 0 Å². The average Bonchev–Trinajstić information content (AvgIpc) is 2.49. The second kappa shape index (κ2) is 4.81. The van der Waals surface area contributed by atoms with Gasteiger partial charge in [0.15, 0.2) is 0 Å². The molecule has 3 heteroatoms. The maximum atomic E-state index is 3.69. The van der Waals surface area contributed by atoms with Crippen molar-refractivity contribution in [2.75, 3.05) is 23.3 Å². The molecule has 0 aromatic heterocycles.